The number of ether oxygens (including phenoxy) is 1. The van der Waals surface area contributed by atoms with Gasteiger partial charge in [-0.15, -0.1) is 0 Å². The topological polar surface area (TPSA) is 34.1 Å². The fourth-order valence-electron chi connectivity index (χ4n) is 2.29. The van der Waals surface area contributed by atoms with Gasteiger partial charge in [0, 0.05) is 17.8 Å². The molecule has 1 aromatic carbocycles. The normalized spacial score (nSPS) is 12.1. The number of nitrogens with one attached hydrogen (secondary N) is 1. The molecular formula is C18H24N2O. The highest BCUT2D eigenvalue weighted by atomic mass is 16.5. The van der Waals surface area contributed by atoms with Crippen molar-refractivity contribution in [1.82, 2.24) is 10.3 Å². The molecule has 0 fully saturated rings. The van der Waals surface area contributed by atoms with Gasteiger partial charge in [0.05, 0.1) is 12.8 Å². The van der Waals surface area contributed by atoms with E-state index in [9.17, 15) is 0 Å². The zero-order valence-corrected chi connectivity index (χ0v) is 13.1. The predicted octanol–water partition coefficient (Wildman–Crippen LogP) is 4.21. The van der Waals surface area contributed by atoms with Crippen molar-refractivity contribution in [2.24, 2.45) is 0 Å². The Morgan fingerprint density at radius 1 is 1.14 bits per heavy atom. The molecule has 1 atom stereocenters. The lowest BCUT2D eigenvalue weighted by atomic mass is 10.0. The van der Waals surface area contributed by atoms with Gasteiger partial charge in [0.25, 0.3) is 0 Å². The average molecular weight is 284 g/mol. The molecule has 1 unspecified atom stereocenters. The zero-order chi connectivity index (χ0) is 15.1. The molecule has 0 saturated heterocycles. The lowest BCUT2D eigenvalue weighted by Gasteiger charge is -2.14. The summed E-state index contributed by atoms with van der Waals surface area (Å²) in [5.74, 6) is 0.833. The van der Waals surface area contributed by atoms with E-state index in [0.717, 1.165) is 30.9 Å². The van der Waals surface area contributed by atoms with Gasteiger partial charge >= 0.3 is 0 Å². The van der Waals surface area contributed by atoms with Gasteiger partial charge < -0.3 is 10.1 Å². The van der Waals surface area contributed by atoms with Gasteiger partial charge in [-0.3, -0.25) is 4.98 Å². The maximum absolute atomic E-state index is 5.66. The summed E-state index contributed by atoms with van der Waals surface area (Å²) < 4.78 is 5.66. The largest absolute Gasteiger partial charge is 0.492 e. The Labute approximate surface area is 127 Å². The van der Waals surface area contributed by atoms with Crippen molar-refractivity contribution in [2.45, 2.75) is 33.2 Å². The van der Waals surface area contributed by atoms with E-state index in [0.29, 0.717) is 6.04 Å². The highest BCUT2D eigenvalue weighted by molar-refractivity contribution is 5.64. The van der Waals surface area contributed by atoms with E-state index in [1.54, 1.807) is 6.20 Å². The SMILES string of the molecule is CCCOc1cncc(-c2cccc(C(C)NCC)c2)c1. The summed E-state index contributed by atoms with van der Waals surface area (Å²) in [5.41, 5.74) is 3.55. The van der Waals surface area contributed by atoms with Crippen LogP contribution in [0.1, 0.15) is 38.8 Å². The molecule has 1 N–H and O–H groups in total. The van der Waals surface area contributed by atoms with E-state index in [1.165, 1.54) is 11.1 Å². The molecule has 1 aromatic heterocycles. The molecule has 2 rings (SSSR count). The van der Waals surface area contributed by atoms with Crippen molar-refractivity contribution in [2.75, 3.05) is 13.2 Å². The van der Waals surface area contributed by atoms with Gasteiger partial charge in [0.2, 0.25) is 0 Å². The molecule has 1 heterocycles. The van der Waals surface area contributed by atoms with E-state index in [1.807, 2.05) is 6.20 Å². The molecule has 0 aliphatic carbocycles. The number of aromatic nitrogens is 1. The summed E-state index contributed by atoms with van der Waals surface area (Å²) in [6.45, 7) is 8.10. The molecule has 3 heteroatoms. The first-order valence-corrected chi connectivity index (χ1v) is 7.66. The van der Waals surface area contributed by atoms with Gasteiger partial charge in [0.1, 0.15) is 5.75 Å². The number of nitrogens with zero attached hydrogens (tertiary/aromatic N) is 1. The number of rotatable bonds is 7. The molecule has 112 valence electrons. The molecule has 0 bridgehead atoms. The third-order valence-corrected chi connectivity index (χ3v) is 3.42. The van der Waals surface area contributed by atoms with Crippen LogP contribution in [-0.2, 0) is 0 Å². The molecule has 0 radical (unpaired) electrons. The van der Waals surface area contributed by atoms with Crippen LogP contribution in [0.3, 0.4) is 0 Å². The minimum atomic E-state index is 0.349. The summed E-state index contributed by atoms with van der Waals surface area (Å²) in [6.07, 6.45) is 4.65. The van der Waals surface area contributed by atoms with Crippen LogP contribution in [0.5, 0.6) is 5.75 Å². The van der Waals surface area contributed by atoms with Crippen LogP contribution in [0.4, 0.5) is 0 Å². The second-order valence-electron chi connectivity index (χ2n) is 5.16. The maximum atomic E-state index is 5.66. The summed E-state index contributed by atoms with van der Waals surface area (Å²) >= 11 is 0. The molecule has 0 aliphatic heterocycles. The van der Waals surface area contributed by atoms with Crippen LogP contribution in [-0.4, -0.2) is 18.1 Å². The molecule has 21 heavy (non-hydrogen) atoms. The standard InChI is InChI=1S/C18H24N2O/c1-4-9-21-18-11-17(12-19-13-18)16-8-6-7-15(10-16)14(3)20-5-2/h6-8,10-14,20H,4-5,9H2,1-3H3. The maximum Gasteiger partial charge on any atom is 0.138 e. The second-order valence-corrected chi connectivity index (χ2v) is 5.16. The molecule has 2 aromatic rings. The van der Waals surface area contributed by atoms with Gasteiger partial charge in [-0.05, 0) is 43.1 Å². The van der Waals surface area contributed by atoms with Crippen molar-refractivity contribution in [3.8, 4) is 16.9 Å². The first-order chi connectivity index (χ1) is 10.2. The summed E-state index contributed by atoms with van der Waals surface area (Å²) in [6, 6.07) is 11.0. The number of hydrogen-bond acceptors (Lipinski definition) is 3. The number of pyridine rings is 1. The molecule has 3 nitrogen and oxygen atoms in total. The Morgan fingerprint density at radius 2 is 2.00 bits per heavy atom. The van der Waals surface area contributed by atoms with Gasteiger partial charge in [-0.2, -0.15) is 0 Å². The molecular weight excluding hydrogens is 260 g/mol. The lowest BCUT2D eigenvalue weighted by Crippen LogP contribution is -2.17. The number of benzene rings is 1. The van der Waals surface area contributed by atoms with E-state index in [2.05, 4.69) is 61.4 Å². The Bertz CT molecular complexity index is 569. The Kier molecular flexibility index (Phi) is 5.76. The van der Waals surface area contributed by atoms with E-state index in [4.69, 9.17) is 4.74 Å². The van der Waals surface area contributed by atoms with Crippen molar-refractivity contribution >= 4 is 0 Å². The molecule has 0 amide bonds. The van der Waals surface area contributed by atoms with Crippen LogP contribution >= 0.6 is 0 Å². The molecule has 0 spiro atoms. The van der Waals surface area contributed by atoms with Crippen LogP contribution in [0.15, 0.2) is 42.7 Å². The van der Waals surface area contributed by atoms with Crippen molar-refractivity contribution in [3.63, 3.8) is 0 Å². The van der Waals surface area contributed by atoms with Crippen LogP contribution in [0.25, 0.3) is 11.1 Å². The summed E-state index contributed by atoms with van der Waals surface area (Å²) in [5, 5.41) is 3.44. The smallest absolute Gasteiger partial charge is 0.138 e. The van der Waals surface area contributed by atoms with Crippen molar-refractivity contribution < 1.29 is 4.74 Å². The highest BCUT2D eigenvalue weighted by Gasteiger charge is 2.06. The minimum Gasteiger partial charge on any atom is -0.492 e. The molecule has 0 saturated carbocycles. The first kappa shape index (κ1) is 15.5. The van der Waals surface area contributed by atoms with E-state index in [-0.39, 0.29) is 0 Å². The Morgan fingerprint density at radius 3 is 2.76 bits per heavy atom. The highest BCUT2D eigenvalue weighted by Crippen LogP contribution is 2.25. The average Bonchev–Trinajstić information content (AvgIpc) is 2.53. The minimum absolute atomic E-state index is 0.349. The van der Waals surface area contributed by atoms with E-state index < -0.39 is 0 Å². The number of hydrogen-bond donors (Lipinski definition) is 1. The molecule has 0 aliphatic rings. The zero-order valence-electron chi connectivity index (χ0n) is 13.1. The third kappa shape index (κ3) is 4.30. The first-order valence-electron chi connectivity index (χ1n) is 7.66. The van der Waals surface area contributed by atoms with E-state index >= 15 is 0 Å². The lowest BCUT2D eigenvalue weighted by molar-refractivity contribution is 0.316. The van der Waals surface area contributed by atoms with Gasteiger partial charge in [-0.25, -0.2) is 0 Å². The summed E-state index contributed by atoms with van der Waals surface area (Å²) in [4.78, 5) is 4.28. The van der Waals surface area contributed by atoms with Gasteiger partial charge in [-0.1, -0.05) is 32.0 Å². The van der Waals surface area contributed by atoms with Gasteiger partial charge in [0.15, 0.2) is 0 Å². The van der Waals surface area contributed by atoms with Crippen LogP contribution in [0, 0.1) is 0 Å². The Balaban J connectivity index is 2.23. The second kappa shape index (κ2) is 7.79. The van der Waals surface area contributed by atoms with Crippen molar-refractivity contribution in [1.29, 1.82) is 0 Å². The Hall–Kier alpha value is -1.87. The quantitative estimate of drug-likeness (QED) is 0.827. The van der Waals surface area contributed by atoms with Crippen LogP contribution in [0.2, 0.25) is 0 Å². The third-order valence-electron chi connectivity index (χ3n) is 3.42. The monoisotopic (exact) mass is 284 g/mol. The fourth-order valence-corrected chi connectivity index (χ4v) is 2.29. The predicted molar refractivity (Wildman–Crippen MR) is 87.6 cm³/mol. The van der Waals surface area contributed by atoms with Crippen molar-refractivity contribution in [3.05, 3.63) is 48.3 Å². The summed E-state index contributed by atoms with van der Waals surface area (Å²) in [7, 11) is 0. The fraction of sp³-hybridized carbons (Fsp3) is 0.389. The van der Waals surface area contributed by atoms with Crippen LogP contribution < -0.4 is 10.1 Å².